The Hall–Kier alpha value is -2.45. The predicted octanol–water partition coefficient (Wildman–Crippen LogP) is 1.86. The first-order chi connectivity index (χ1) is 15.9. The van der Waals surface area contributed by atoms with E-state index in [0.717, 1.165) is 30.8 Å². The number of likely N-dealkylation sites (tertiary alicyclic amines) is 1. The molecule has 5 aliphatic rings. The van der Waals surface area contributed by atoms with Gasteiger partial charge in [-0.15, -0.1) is 0 Å². The Morgan fingerprint density at radius 2 is 2.00 bits per heavy atom. The molecule has 6 rings (SSSR count). The molecule has 3 heterocycles. The lowest BCUT2D eigenvalue weighted by atomic mass is 10.0. The smallest absolute Gasteiger partial charge is 0.255 e. The Morgan fingerprint density at radius 3 is 2.76 bits per heavy atom. The van der Waals surface area contributed by atoms with Crippen LogP contribution in [0.25, 0.3) is 0 Å². The van der Waals surface area contributed by atoms with E-state index in [-0.39, 0.29) is 29.7 Å². The van der Waals surface area contributed by atoms with E-state index in [9.17, 15) is 14.4 Å². The molecule has 8 nitrogen and oxygen atoms in total. The first-order valence-electron chi connectivity index (χ1n) is 12.1. The van der Waals surface area contributed by atoms with E-state index >= 15 is 0 Å². The highest BCUT2D eigenvalue weighted by Gasteiger charge is 2.84. The number of carbonyl (C=O) groups excluding carboxylic acids is 3. The van der Waals surface area contributed by atoms with Crippen molar-refractivity contribution < 1.29 is 23.9 Å². The fourth-order valence-corrected chi connectivity index (χ4v) is 6.25. The van der Waals surface area contributed by atoms with Crippen LogP contribution in [0.4, 0.5) is 0 Å². The van der Waals surface area contributed by atoms with E-state index in [1.807, 2.05) is 19.2 Å². The van der Waals surface area contributed by atoms with E-state index in [2.05, 4.69) is 10.2 Å². The molecular formula is C25H31N3O5. The van der Waals surface area contributed by atoms with Crippen LogP contribution in [0.5, 0.6) is 5.75 Å². The number of amides is 3. The van der Waals surface area contributed by atoms with Crippen LogP contribution in [-0.2, 0) is 20.9 Å². The van der Waals surface area contributed by atoms with Crippen LogP contribution in [0.15, 0.2) is 18.2 Å². The average Bonchev–Trinajstić information content (AvgIpc) is 3.58. The van der Waals surface area contributed by atoms with Gasteiger partial charge in [0, 0.05) is 43.6 Å². The molecule has 0 radical (unpaired) electrons. The van der Waals surface area contributed by atoms with Gasteiger partial charge in [0.1, 0.15) is 18.4 Å². The summed E-state index contributed by atoms with van der Waals surface area (Å²) in [6.07, 6.45) is 6.64. The summed E-state index contributed by atoms with van der Waals surface area (Å²) in [4.78, 5) is 40.8. The minimum atomic E-state index is -0.591. The van der Waals surface area contributed by atoms with Crippen LogP contribution in [0.1, 0.15) is 60.9 Å². The highest BCUT2D eigenvalue weighted by Crippen LogP contribution is 2.80. The van der Waals surface area contributed by atoms with Gasteiger partial charge in [-0.1, -0.05) is 6.42 Å². The molecule has 3 aliphatic heterocycles. The molecule has 1 N–H and O–H groups in total. The zero-order valence-corrected chi connectivity index (χ0v) is 19.1. The van der Waals surface area contributed by atoms with Gasteiger partial charge in [-0.05, 0) is 62.4 Å². The number of imide groups is 1. The van der Waals surface area contributed by atoms with Gasteiger partial charge in [-0.3, -0.25) is 24.6 Å². The summed E-state index contributed by atoms with van der Waals surface area (Å²) in [5, 5.41) is 2.35. The summed E-state index contributed by atoms with van der Waals surface area (Å²) < 4.78 is 11.9. The maximum atomic E-state index is 12.9. The summed E-state index contributed by atoms with van der Waals surface area (Å²) in [6, 6.07) is 5.40. The Kier molecular flexibility index (Phi) is 4.82. The number of methoxy groups -OCH3 is 1. The monoisotopic (exact) mass is 453 g/mol. The number of fused-ring (bicyclic) bond motifs is 2. The number of piperidine rings is 2. The van der Waals surface area contributed by atoms with Crippen molar-refractivity contribution in [1.29, 1.82) is 0 Å². The molecule has 2 saturated heterocycles. The molecule has 1 aromatic rings. The Bertz CT molecular complexity index is 1020. The minimum Gasteiger partial charge on any atom is -0.492 e. The minimum absolute atomic E-state index is 0.153. The zero-order chi connectivity index (χ0) is 22.8. The Labute approximate surface area is 193 Å². The van der Waals surface area contributed by atoms with Crippen LogP contribution in [-0.4, -0.2) is 72.0 Å². The van der Waals surface area contributed by atoms with E-state index in [1.54, 1.807) is 11.0 Å². The molecular weight excluding hydrogens is 422 g/mol. The first kappa shape index (κ1) is 21.1. The van der Waals surface area contributed by atoms with Crippen molar-refractivity contribution in [3.05, 3.63) is 29.3 Å². The average molecular weight is 454 g/mol. The molecule has 0 aromatic heterocycles. The molecule has 176 valence electrons. The van der Waals surface area contributed by atoms with Crippen molar-refractivity contribution in [2.24, 2.45) is 5.41 Å². The van der Waals surface area contributed by atoms with E-state index in [4.69, 9.17) is 9.47 Å². The number of hydrogen-bond donors (Lipinski definition) is 1. The molecule has 2 unspecified atom stereocenters. The summed E-state index contributed by atoms with van der Waals surface area (Å²) in [6.45, 7) is 3.23. The molecule has 0 bridgehead atoms. The lowest BCUT2D eigenvalue weighted by Gasteiger charge is -2.36. The maximum Gasteiger partial charge on any atom is 0.255 e. The Morgan fingerprint density at radius 1 is 1.15 bits per heavy atom. The second kappa shape index (κ2) is 7.53. The standard InChI is InChI=1S/C25H31N3O5/c1-32-25-13-24(25,14-25)15-27-9-3-2-4-17(27)12-33-18-5-6-19-16(10-18)11-28(23(19)31)20-7-8-21(29)26-22(20)30/h5-6,10,17,20H,2-4,7-9,11-15H2,1H3,(H,26,29,30). The number of nitrogens with zero attached hydrogens (tertiary/aromatic N) is 2. The highest BCUT2D eigenvalue weighted by atomic mass is 16.5. The summed E-state index contributed by atoms with van der Waals surface area (Å²) in [5.41, 5.74) is 2.06. The van der Waals surface area contributed by atoms with Crippen LogP contribution >= 0.6 is 0 Å². The van der Waals surface area contributed by atoms with Gasteiger partial charge in [-0.25, -0.2) is 0 Å². The van der Waals surface area contributed by atoms with Crippen LogP contribution in [0.2, 0.25) is 0 Å². The number of nitrogens with one attached hydrogen (secondary N) is 1. The second-order valence-corrected chi connectivity index (χ2v) is 10.5. The number of rotatable bonds is 7. The number of ether oxygens (including phenoxy) is 2. The molecule has 1 aromatic carbocycles. The molecule has 2 aliphatic carbocycles. The molecule has 2 atom stereocenters. The van der Waals surface area contributed by atoms with Crippen molar-refractivity contribution in [2.75, 3.05) is 26.8 Å². The molecule has 2 saturated carbocycles. The van der Waals surface area contributed by atoms with Crippen molar-refractivity contribution in [1.82, 2.24) is 15.1 Å². The van der Waals surface area contributed by atoms with E-state index in [0.29, 0.717) is 36.6 Å². The molecule has 4 fully saturated rings. The Balaban J connectivity index is 1.09. The summed E-state index contributed by atoms with van der Waals surface area (Å²) in [7, 11) is 1.84. The maximum absolute atomic E-state index is 12.9. The molecule has 3 amide bonds. The lowest BCUT2D eigenvalue weighted by molar-refractivity contribution is -0.136. The number of hydrogen-bond acceptors (Lipinski definition) is 6. The van der Waals surface area contributed by atoms with E-state index < -0.39 is 6.04 Å². The molecule has 33 heavy (non-hydrogen) atoms. The van der Waals surface area contributed by atoms with Crippen molar-refractivity contribution >= 4 is 17.7 Å². The zero-order valence-electron chi connectivity index (χ0n) is 19.1. The highest BCUT2D eigenvalue weighted by molar-refractivity contribution is 6.05. The summed E-state index contributed by atoms with van der Waals surface area (Å²) in [5.74, 6) is -0.0491. The van der Waals surface area contributed by atoms with E-state index in [1.165, 1.54) is 25.7 Å². The number of carbonyl (C=O) groups is 3. The van der Waals surface area contributed by atoms with Gasteiger partial charge in [0.05, 0.1) is 5.60 Å². The van der Waals surface area contributed by atoms with Crippen molar-refractivity contribution in [2.45, 2.75) is 69.2 Å². The fourth-order valence-electron chi connectivity index (χ4n) is 6.25. The van der Waals surface area contributed by atoms with Crippen molar-refractivity contribution in [3.8, 4) is 5.75 Å². The predicted molar refractivity (Wildman–Crippen MR) is 119 cm³/mol. The fraction of sp³-hybridized carbons (Fsp3) is 0.640. The topological polar surface area (TPSA) is 88.2 Å². The second-order valence-electron chi connectivity index (χ2n) is 10.5. The molecule has 0 spiro atoms. The van der Waals surface area contributed by atoms with Crippen molar-refractivity contribution in [3.63, 3.8) is 0 Å². The largest absolute Gasteiger partial charge is 0.492 e. The molecule has 8 heteroatoms. The van der Waals surface area contributed by atoms with Gasteiger partial charge in [0.2, 0.25) is 11.8 Å². The third-order valence-corrected chi connectivity index (χ3v) is 8.55. The first-order valence-corrected chi connectivity index (χ1v) is 12.1. The summed E-state index contributed by atoms with van der Waals surface area (Å²) >= 11 is 0. The van der Waals surface area contributed by atoms with Gasteiger partial charge in [0.25, 0.3) is 5.91 Å². The van der Waals surface area contributed by atoms with Gasteiger partial charge in [-0.2, -0.15) is 0 Å². The quantitative estimate of drug-likeness (QED) is 0.634. The van der Waals surface area contributed by atoms with Crippen LogP contribution in [0, 0.1) is 5.41 Å². The van der Waals surface area contributed by atoms with Gasteiger partial charge >= 0.3 is 0 Å². The lowest BCUT2D eigenvalue weighted by Crippen LogP contribution is -2.52. The van der Waals surface area contributed by atoms with Gasteiger partial charge < -0.3 is 14.4 Å². The van der Waals surface area contributed by atoms with Crippen LogP contribution in [0.3, 0.4) is 0 Å². The third-order valence-electron chi connectivity index (χ3n) is 8.55. The van der Waals surface area contributed by atoms with Gasteiger partial charge in [0.15, 0.2) is 0 Å². The SMILES string of the molecule is COC12CC1(CN1CCCCC1COc1ccc3c(c1)CN(C1CCC(=O)NC1=O)C3=O)C2. The van der Waals surface area contributed by atoms with Crippen LogP contribution < -0.4 is 10.1 Å². The number of benzene rings is 1. The normalized spacial score (nSPS) is 35.2. The third kappa shape index (κ3) is 3.46.